The van der Waals surface area contributed by atoms with Gasteiger partial charge in [0.25, 0.3) is 0 Å². The first-order valence-corrected chi connectivity index (χ1v) is 5.95. The average molecular weight is 209 g/mol. The van der Waals surface area contributed by atoms with E-state index in [2.05, 4.69) is 41.5 Å². The van der Waals surface area contributed by atoms with E-state index in [0.29, 0.717) is 21.3 Å². The summed E-state index contributed by atoms with van der Waals surface area (Å²) >= 11 is 7.63. The number of halogens is 1. The van der Waals surface area contributed by atoms with Crippen molar-refractivity contribution >= 4 is 23.4 Å². The fourth-order valence-electron chi connectivity index (χ4n) is 1.86. The van der Waals surface area contributed by atoms with E-state index >= 15 is 0 Å². The molecule has 74 valence electrons. The molecule has 0 saturated heterocycles. The summed E-state index contributed by atoms with van der Waals surface area (Å²) in [6.07, 6.45) is 0. The van der Waals surface area contributed by atoms with Gasteiger partial charge < -0.3 is 0 Å². The topological polar surface area (TPSA) is 0 Å². The van der Waals surface area contributed by atoms with Gasteiger partial charge in [-0.05, 0) is 10.8 Å². The van der Waals surface area contributed by atoms with Gasteiger partial charge in [-0.1, -0.05) is 41.5 Å². The molecule has 0 nitrogen and oxygen atoms in total. The maximum atomic E-state index is 5.77. The summed E-state index contributed by atoms with van der Waals surface area (Å²) < 4.78 is 0. The first-order valence-electron chi connectivity index (χ1n) is 4.37. The van der Waals surface area contributed by atoms with Crippen LogP contribution in [0.4, 0.5) is 0 Å². The summed E-state index contributed by atoms with van der Waals surface area (Å²) in [5.41, 5.74) is 0.662. The Kier molecular flexibility index (Phi) is 4.46. The quantitative estimate of drug-likeness (QED) is 0.608. The highest BCUT2D eigenvalue weighted by Crippen LogP contribution is 2.42. The third-order valence-electron chi connectivity index (χ3n) is 1.80. The molecule has 2 heteroatoms. The van der Waals surface area contributed by atoms with E-state index in [4.69, 9.17) is 11.6 Å². The van der Waals surface area contributed by atoms with Crippen LogP contribution < -0.4 is 0 Å². The minimum Gasteiger partial charge on any atom is -0.141 e. The van der Waals surface area contributed by atoms with Gasteiger partial charge in [-0.3, -0.25) is 0 Å². The van der Waals surface area contributed by atoms with E-state index in [-0.39, 0.29) is 0 Å². The van der Waals surface area contributed by atoms with Gasteiger partial charge in [-0.15, -0.1) is 23.4 Å². The Morgan fingerprint density at radius 2 is 1.33 bits per heavy atom. The van der Waals surface area contributed by atoms with Crippen LogP contribution in [0.15, 0.2) is 0 Å². The molecule has 0 radical (unpaired) electrons. The molecule has 0 unspecified atom stereocenters. The van der Waals surface area contributed by atoms with Crippen LogP contribution in [0, 0.1) is 10.8 Å². The molecular weight excluding hydrogens is 188 g/mol. The number of rotatable bonds is 2. The molecule has 0 aliphatic carbocycles. The predicted molar refractivity (Wildman–Crippen MR) is 61.0 cm³/mol. The Hall–Kier alpha value is 0.640. The minimum absolute atomic E-state index is 0.331. The van der Waals surface area contributed by atoms with E-state index < -0.39 is 0 Å². The van der Waals surface area contributed by atoms with E-state index in [1.165, 1.54) is 0 Å². The molecule has 0 amide bonds. The SMILES string of the molecule is CC(C)(C)C(SCCl)C(C)(C)C. The fourth-order valence-corrected chi connectivity index (χ4v) is 3.37. The molecule has 0 rings (SSSR count). The van der Waals surface area contributed by atoms with Crippen LogP contribution >= 0.6 is 23.4 Å². The lowest BCUT2D eigenvalue weighted by molar-refractivity contribution is 0.249. The molecule has 0 atom stereocenters. The standard InChI is InChI=1S/C10H21ClS/c1-9(2,3)8(12-7-11)10(4,5)6/h8H,7H2,1-6H3. The Bertz CT molecular complexity index is 116. The summed E-state index contributed by atoms with van der Waals surface area (Å²) in [5.74, 6) is 0. The van der Waals surface area contributed by atoms with Gasteiger partial charge in [0.15, 0.2) is 0 Å². The van der Waals surface area contributed by atoms with Gasteiger partial charge in [0.05, 0.1) is 5.21 Å². The number of hydrogen-bond donors (Lipinski definition) is 0. The smallest absolute Gasteiger partial charge is 0.0683 e. The van der Waals surface area contributed by atoms with E-state index in [0.717, 1.165) is 0 Å². The van der Waals surface area contributed by atoms with E-state index in [1.807, 2.05) is 11.8 Å². The molecule has 0 saturated carbocycles. The Balaban J connectivity index is 4.45. The molecular formula is C10H21ClS. The average Bonchev–Trinajstić information content (AvgIpc) is 1.77. The summed E-state index contributed by atoms with van der Waals surface area (Å²) in [6, 6.07) is 0. The van der Waals surface area contributed by atoms with Crippen LogP contribution in [-0.2, 0) is 0 Å². The van der Waals surface area contributed by atoms with Crippen molar-refractivity contribution in [2.24, 2.45) is 10.8 Å². The zero-order valence-corrected chi connectivity index (χ0v) is 10.6. The van der Waals surface area contributed by atoms with E-state index in [1.54, 1.807) is 0 Å². The lowest BCUT2D eigenvalue weighted by Gasteiger charge is -2.39. The van der Waals surface area contributed by atoms with Crippen molar-refractivity contribution in [3.63, 3.8) is 0 Å². The molecule has 0 heterocycles. The van der Waals surface area contributed by atoms with Gasteiger partial charge in [-0.2, -0.15) is 0 Å². The molecule has 0 spiro atoms. The second-order valence-electron chi connectivity index (χ2n) is 5.39. The first-order chi connectivity index (χ1) is 5.19. The zero-order chi connectivity index (χ0) is 9.99. The van der Waals surface area contributed by atoms with Gasteiger partial charge >= 0.3 is 0 Å². The Labute approximate surface area is 86.5 Å². The molecule has 0 aliphatic heterocycles. The van der Waals surface area contributed by atoms with Gasteiger partial charge in [0.1, 0.15) is 0 Å². The third-order valence-corrected chi connectivity index (χ3v) is 4.05. The largest absolute Gasteiger partial charge is 0.141 e. The van der Waals surface area contributed by atoms with Gasteiger partial charge in [0.2, 0.25) is 0 Å². The fraction of sp³-hybridized carbons (Fsp3) is 1.00. The number of alkyl halides is 1. The van der Waals surface area contributed by atoms with E-state index in [9.17, 15) is 0 Å². The maximum Gasteiger partial charge on any atom is 0.0683 e. The maximum absolute atomic E-state index is 5.77. The van der Waals surface area contributed by atoms with Crippen LogP contribution in [0.2, 0.25) is 0 Å². The van der Waals surface area contributed by atoms with Crippen LogP contribution in [0.1, 0.15) is 41.5 Å². The Morgan fingerprint density at radius 1 is 1.00 bits per heavy atom. The molecule has 0 bridgehead atoms. The molecule has 0 aromatic carbocycles. The van der Waals surface area contributed by atoms with Crippen LogP contribution in [0.5, 0.6) is 0 Å². The lowest BCUT2D eigenvalue weighted by Crippen LogP contribution is -2.35. The second kappa shape index (κ2) is 4.23. The third kappa shape index (κ3) is 4.04. The highest BCUT2D eigenvalue weighted by atomic mass is 35.5. The summed E-state index contributed by atoms with van der Waals surface area (Å²) in [7, 11) is 0. The second-order valence-corrected chi connectivity index (χ2v) is 7.07. The van der Waals surface area contributed by atoms with Gasteiger partial charge in [-0.25, -0.2) is 0 Å². The van der Waals surface area contributed by atoms with Crippen molar-refractivity contribution in [1.82, 2.24) is 0 Å². The van der Waals surface area contributed by atoms with Crippen LogP contribution in [0.3, 0.4) is 0 Å². The minimum atomic E-state index is 0.331. The van der Waals surface area contributed by atoms with Gasteiger partial charge in [0, 0.05) is 5.25 Å². The first kappa shape index (κ1) is 12.6. The summed E-state index contributed by atoms with van der Waals surface area (Å²) in [5, 5.41) is 1.31. The highest BCUT2D eigenvalue weighted by molar-refractivity contribution is 8.01. The van der Waals surface area contributed by atoms with Crippen molar-refractivity contribution in [3.8, 4) is 0 Å². The molecule has 0 aromatic rings. The molecule has 12 heavy (non-hydrogen) atoms. The van der Waals surface area contributed by atoms with Crippen molar-refractivity contribution < 1.29 is 0 Å². The monoisotopic (exact) mass is 208 g/mol. The molecule has 0 aliphatic rings. The van der Waals surface area contributed by atoms with Crippen molar-refractivity contribution in [1.29, 1.82) is 0 Å². The Morgan fingerprint density at radius 3 is 1.42 bits per heavy atom. The summed E-state index contributed by atoms with van der Waals surface area (Å²) in [6.45, 7) is 13.7. The molecule has 0 N–H and O–H groups in total. The van der Waals surface area contributed by atoms with Crippen molar-refractivity contribution in [2.45, 2.75) is 46.8 Å². The summed E-state index contributed by atoms with van der Waals surface area (Å²) in [4.78, 5) is 0. The van der Waals surface area contributed by atoms with Crippen molar-refractivity contribution in [3.05, 3.63) is 0 Å². The highest BCUT2D eigenvalue weighted by Gasteiger charge is 2.34. The number of hydrogen-bond acceptors (Lipinski definition) is 1. The molecule has 0 aromatic heterocycles. The zero-order valence-electron chi connectivity index (χ0n) is 9.07. The van der Waals surface area contributed by atoms with Crippen LogP contribution in [-0.4, -0.2) is 10.5 Å². The van der Waals surface area contributed by atoms with Crippen molar-refractivity contribution in [2.75, 3.05) is 5.21 Å². The normalized spacial score (nSPS) is 14.0. The molecule has 0 fully saturated rings. The predicted octanol–water partition coefficient (Wildman–Crippen LogP) is 4.38. The van der Waals surface area contributed by atoms with Crippen LogP contribution in [0.25, 0.3) is 0 Å². The number of thioether (sulfide) groups is 1. The lowest BCUT2D eigenvalue weighted by atomic mass is 9.77.